The molecule has 0 aliphatic carbocycles. The van der Waals surface area contributed by atoms with Gasteiger partial charge < -0.3 is 8.83 Å². The first kappa shape index (κ1) is 15.4. The Balaban J connectivity index is 1.56. The summed E-state index contributed by atoms with van der Waals surface area (Å²) >= 11 is 6.44. The number of likely N-dealkylation sites (tertiary alicyclic amines) is 1. The van der Waals surface area contributed by atoms with E-state index in [4.69, 9.17) is 20.4 Å². The van der Waals surface area contributed by atoms with E-state index in [9.17, 15) is 0 Å². The SMILES string of the molecule is Cc1nn(C)c(Cl)c1C1CCCN1Cc1nnc(-c2ccco2)o1. The summed E-state index contributed by atoms with van der Waals surface area (Å²) in [5, 5.41) is 13.3. The maximum absolute atomic E-state index is 6.44. The zero-order valence-corrected chi connectivity index (χ0v) is 14.3. The molecule has 1 saturated heterocycles. The first-order valence-electron chi connectivity index (χ1n) is 7.93. The Kier molecular flexibility index (Phi) is 3.90. The van der Waals surface area contributed by atoms with Crippen molar-refractivity contribution < 1.29 is 8.83 Å². The molecule has 1 aliphatic rings. The number of aromatic nitrogens is 4. The summed E-state index contributed by atoms with van der Waals surface area (Å²) in [7, 11) is 1.87. The van der Waals surface area contributed by atoms with Gasteiger partial charge >= 0.3 is 0 Å². The van der Waals surface area contributed by atoms with Gasteiger partial charge in [-0.05, 0) is 38.4 Å². The van der Waals surface area contributed by atoms with Gasteiger partial charge in [0.05, 0.1) is 18.5 Å². The van der Waals surface area contributed by atoms with Gasteiger partial charge in [-0.15, -0.1) is 10.2 Å². The van der Waals surface area contributed by atoms with E-state index < -0.39 is 0 Å². The maximum atomic E-state index is 6.44. The van der Waals surface area contributed by atoms with Crippen molar-refractivity contribution in [2.75, 3.05) is 6.54 Å². The molecule has 24 heavy (non-hydrogen) atoms. The Morgan fingerprint density at radius 1 is 1.38 bits per heavy atom. The van der Waals surface area contributed by atoms with Crippen LogP contribution in [0.3, 0.4) is 0 Å². The van der Waals surface area contributed by atoms with Crippen LogP contribution in [0, 0.1) is 6.92 Å². The molecule has 1 aliphatic heterocycles. The van der Waals surface area contributed by atoms with Crippen LogP contribution in [0.1, 0.15) is 36.0 Å². The third kappa shape index (κ3) is 2.63. The van der Waals surface area contributed by atoms with Crippen LogP contribution in [-0.4, -0.2) is 31.4 Å². The van der Waals surface area contributed by atoms with Gasteiger partial charge in [-0.2, -0.15) is 5.10 Å². The molecule has 0 amide bonds. The zero-order valence-electron chi connectivity index (χ0n) is 13.6. The smallest absolute Gasteiger partial charge is 0.283 e. The minimum atomic E-state index is 0.227. The van der Waals surface area contributed by atoms with Crippen LogP contribution in [0.2, 0.25) is 5.15 Å². The summed E-state index contributed by atoms with van der Waals surface area (Å²) in [5.74, 6) is 1.56. The number of nitrogens with zero attached hydrogens (tertiary/aromatic N) is 5. The minimum Gasteiger partial charge on any atom is -0.459 e. The summed E-state index contributed by atoms with van der Waals surface area (Å²) in [5.41, 5.74) is 2.07. The van der Waals surface area contributed by atoms with E-state index >= 15 is 0 Å². The lowest BCUT2D eigenvalue weighted by Crippen LogP contribution is -2.23. The highest BCUT2D eigenvalue weighted by Gasteiger charge is 2.32. The Morgan fingerprint density at radius 2 is 2.25 bits per heavy atom. The molecule has 0 bridgehead atoms. The van der Waals surface area contributed by atoms with Gasteiger partial charge in [0, 0.05) is 18.7 Å². The molecule has 0 radical (unpaired) electrons. The summed E-state index contributed by atoms with van der Waals surface area (Å²) in [6, 6.07) is 3.82. The fraction of sp³-hybridized carbons (Fsp3) is 0.438. The van der Waals surface area contributed by atoms with Gasteiger partial charge in [0.25, 0.3) is 5.89 Å². The summed E-state index contributed by atoms with van der Waals surface area (Å²) < 4.78 is 12.7. The van der Waals surface area contributed by atoms with E-state index in [1.165, 1.54) is 0 Å². The van der Waals surface area contributed by atoms with Gasteiger partial charge in [-0.1, -0.05) is 11.6 Å². The molecule has 8 heteroatoms. The predicted octanol–water partition coefficient (Wildman–Crippen LogP) is 3.36. The van der Waals surface area contributed by atoms with E-state index in [0.29, 0.717) is 29.2 Å². The molecular formula is C16H18ClN5O2. The molecule has 0 saturated carbocycles. The summed E-state index contributed by atoms with van der Waals surface area (Å²) in [6.07, 6.45) is 3.74. The van der Waals surface area contributed by atoms with Gasteiger partial charge in [0.1, 0.15) is 5.15 Å². The number of hydrogen-bond donors (Lipinski definition) is 0. The monoisotopic (exact) mass is 347 g/mol. The molecular weight excluding hydrogens is 330 g/mol. The second-order valence-corrected chi connectivity index (χ2v) is 6.38. The molecule has 1 fully saturated rings. The predicted molar refractivity (Wildman–Crippen MR) is 87.3 cm³/mol. The molecule has 1 unspecified atom stereocenters. The normalized spacial score (nSPS) is 18.5. The molecule has 1 atom stereocenters. The molecule has 0 N–H and O–H groups in total. The van der Waals surface area contributed by atoms with Crippen LogP contribution < -0.4 is 0 Å². The lowest BCUT2D eigenvalue weighted by Gasteiger charge is -2.22. The first-order chi connectivity index (χ1) is 11.6. The van der Waals surface area contributed by atoms with Gasteiger partial charge in [-0.3, -0.25) is 9.58 Å². The quantitative estimate of drug-likeness (QED) is 0.720. The van der Waals surface area contributed by atoms with E-state index in [2.05, 4.69) is 20.2 Å². The van der Waals surface area contributed by atoms with E-state index in [-0.39, 0.29) is 6.04 Å². The summed E-state index contributed by atoms with van der Waals surface area (Å²) in [4.78, 5) is 2.31. The van der Waals surface area contributed by atoms with Crippen molar-refractivity contribution in [3.05, 3.63) is 40.7 Å². The Morgan fingerprint density at radius 3 is 2.96 bits per heavy atom. The third-order valence-electron chi connectivity index (χ3n) is 4.43. The van der Waals surface area contributed by atoms with Crippen molar-refractivity contribution in [3.8, 4) is 11.7 Å². The number of hydrogen-bond acceptors (Lipinski definition) is 6. The molecule has 7 nitrogen and oxygen atoms in total. The Bertz CT molecular complexity index is 839. The molecule has 0 spiro atoms. The highest BCUT2D eigenvalue weighted by atomic mass is 35.5. The molecule has 126 valence electrons. The van der Waals surface area contributed by atoms with Gasteiger partial charge in [0.2, 0.25) is 5.89 Å². The van der Waals surface area contributed by atoms with Crippen LogP contribution in [0.5, 0.6) is 0 Å². The minimum absolute atomic E-state index is 0.227. The number of rotatable bonds is 4. The van der Waals surface area contributed by atoms with Crippen LogP contribution in [-0.2, 0) is 13.6 Å². The molecule has 4 heterocycles. The third-order valence-corrected chi connectivity index (χ3v) is 4.88. The maximum Gasteiger partial charge on any atom is 0.283 e. The van der Waals surface area contributed by atoms with Crippen molar-refractivity contribution in [2.24, 2.45) is 7.05 Å². The van der Waals surface area contributed by atoms with Crippen LogP contribution in [0.25, 0.3) is 11.7 Å². The second-order valence-electron chi connectivity index (χ2n) is 6.02. The molecule has 3 aromatic heterocycles. The van der Waals surface area contributed by atoms with E-state index in [1.54, 1.807) is 23.1 Å². The first-order valence-corrected chi connectivity index (χ1v) is 8.30. The average molecular weight is 348 g/mol. The Labute approximate surface area is 144 Å². The number of aryl methyl sites for hydroxylation is 2. The van der Waals surface area contributed by atoms with Crippen molar-refractivity contribution in [3.63, 3.8) is 0 Å². The van der Waals surface area contributed by atoms with Crippen molar-refractivity contribution >= 4 is 11.6 Å². The van der Waals surface area contributed by atoms with Crippen LogP contribution in [0.4, 0.5) is 0 Å². The highest BCUT2D eigenvalue weighted by molar-refractivity contribution is 6.30. The van der Waals surface area contributed by atoms with Crippen LogP contribution >= 0.6 is 11.6 Å². The largest absolute Gasteiger partial charge is 0.459 e. The zero-order chi connectivity index (χ0) is 16.7. The number of halogens is 1. The fourth-order valence-electron chi connectivity index (χ4n) is 3.36. The average Bonchev–Trinajstić information content (AvgIpc) is 3.30. The van der Waals surface area contributed by atoms with Crippen molar-refractivity contribution in [1.82, 2.24) is 24.9 Å². The van der Waals surface area contributed by atoms with E-state index in [0.717, 1.165) is 30.6 Å². The lowest BCUT2D eigenvalue weighted by molar-refractivity contribution is 0.223. The standard InChI is InChI=1S/C16H18ClN5O2/c1-10-14(15(17)21(2)20-10)11-5-3-7-22(11)9-13-18-19-16(24-13)12-6-4-8-23-12/h4,6,8,11H,3,5,7,9H2,1-2H3. The fourth-order valence-corrected chi connectivity index (χ4v) is 3.66. The van der Waals surface area contributed by atoms with Gasteiger partial charge in [0.15, 0.2) is 5.76 Å². The number of furan rings is 1. The molecule has 3 aromatic rings. The molecule has 4 rings (SSSR count). The second kappa shape index (κ2) is 6.07. The van der Waals surface area contributed by atoms with E-state index in [1.807, 2.05) is 14.0 Å². The molecule has 0 aromatic carbocycles. The lowest BCUT2D eigenvalue weighted by atomic mass is 10.1. The Hall–Kier alpha value is -2.12. The highest BCUT2D eigenvalue weighted by Crippen LogP contribution is 2.38. The summed E-state index contributed by atoms with van der Waals surface area (Å²) in [6.45, 7) is 3.55. The van der Waals surface area contributed by atoms with Crippen LogP contribution in [0.15, 0.2) is 27.2 Å². The topological polar surface area (TPSA) is 73.1 Å². The van der Waals surface area contributed by atoms with Gasteiger partial charge in [-0.25, -0.2) is 0 Å². The van der Waals surface area contributed by atoms with Crippen molar-refractivity contribution in [2.45, 2.75) is 32.4 Å². The van der Waals surface area contributed by atoms with Crippen molar-refractivity contribution in [1.29, 1.82) is 0 Å².